The number of aryl methyl sites for hydroxylation is 2. The quantitative estimate of drug-likeness (QED) is 0.821. The average molecular weight is 334 g/mol. The Balaban J connectivity index is 1.86. The standard InChI is InChI=1S/C18H26N2O2S/c1-13-10-14(18(2,3)4)6-7-16(13)22-11-15(21)12-23-17-19-8-9-20(17)5/h6-10,15,21H,11-12H2,1-5H3. The summed E-state index contributed by atoms with van der Waals surface area (Å²) < 4.78 is 7.71. The minimum Gasteiger partial charge on any atom is -0.491 e. The Labute approximate surface area is 142 Å². The molecule has 0 aliphatic heterocycles. The first kappa shape index (κ1) is 17.9. The number of imidazole rings is 1. The van der Waals surface area contributed by atoms with Gasteiger partial charge in [0.15, 0.2) is 5.16 Å². The lowest BCUT2D eigenvalue weighted by Gasteiger charge is -2.21. The highest BCUT2D eigenvalue weighted by Gasteiger charge is 2.15. The first-order valence-electron chi connectivity index (χ1n) is 7.79. The molecule has 0 fully saturated rings. The molecule has 2 rings (SSSR count). The molecule has 2 aromatic rings. The number of hydrogen-bond donors (Lipinski definition) is 1. The summed E-state index contributed by atoms with van der Waals surface area (Å²) in [7, 11) is 1.94. The Morgan fingerprint density at radius 1 is 1.35 bits per heavy atom. The van der Waals surface area contributed by atoms with E-state index in [9.17, 15) is 5.11 Å². The highest BCUT2D eigenvalue weighted by molar-refractivity contribution is 7.99. The molecular formula is C18H26N2O2S. The molecule has 0 bridgehead atoms. The average Bonchev–Trinajstić information content (AvgIpc) is 2.88. The van der Waals surface area contributed by atoms with Crippen molar-refractivity contribution in [2.75, 3.05) is 12.4 Å². The molecule has 0 aliphatic carbocycles. The maximum Gasteiger partial charge on any atom is 0.167 e. The maximum absolute atomic E-state index is 10.1. The van der Waals surface area contributed by atoms with Gasteiger partial charge in [0.1, 0.15) is 12.4 Å². The largest absolute Gasteiger partial charge is 0.491 e. The number of aliphatic hydroxyl groups excluding tert-OH is 1. The number of thioether (sulfide) groups is 1. The smallest absolute Gasteiger partial charge is 0.167 e. The topological polar surface area (TPSA) is 47.3 Å². The number of aromatic nitrogens is 2. The van der Waals surface area contributed by atoms with E-state index >= 15 is 0 Å². The van der Waals surface area contributed by atoms with Crippen LogP contribution in [0.1, 0.15) is 31.9 Å². The minimum absolute atomic E-state index is 0.126. The van der Waals surface area contributed by atoms with Gasteiger partial charge in [-0.1, -0.05) is 44.7 Å². The van der Waals surface area contributed by atoms with Crippen molar-refractivity contribution >= 4 is 11.8 Å². The van der Waals surface area contributed by atoms with Crippen molar-refractivity contribution in [3.8, 4) is 5.75 Å². The lowest BCUT2D eigenvalue weighted by molar-refractivity contribution is 0.126. The van der Waals surface area contributed by atoms with Crippen LogP contribution in [-0.2, 0) is 12.5 Å². The molecule has 0 amide bonds. The first-order chi connectivity index (χ1) is 10.8. The molecule has 1 atom stereocenters. The van der Waals surface area contributed by atoms with Crippen LogP contribution >= 0.6 is 11.8 Å². The van der Waals surface area contributed by atoms with Crippen molar-refractivity contribution in [2.45, 2.75) is 44.4 Å². The molecular weight excluding hydrogens is 308 g/mol. The molecule has 0 radical (unpaired) electrons. The predicted molar refractivity (Wildman–Crippen MR) is 95.3 cm³/mol. The van der Waals surface area contributed by atoms with E-state index in [0.717, 1.165) is 16.5 Å². The van der Waals surface area contributed by atoms with Gasteiger partial charge in [-0.05, 0) is 29.5 Å². The van der Waals surface area contributed by atoms with Crippen LogP contribution in [0.15, 0.2) is 35.7 Å². The van der Waals surface area contributed by atoms with Gasteiger partial charge in [0.05, 0.1) is 6.10 Å². The molecule has 4 nitrogen and oxygen atoms in total. The van der Waals surface area contributed by atoms with Crippen LogP contribution in [0.4, 0.5) is 0 Å². The lowest BCUT2D eigenvalue weighted by atomic mass is 9.86. The van der Waals surface area contributed by atoms with E-state index in [2.05, 4.69) is 37.9 Å². The first-order valence-corrected chi connectivity index (χ1v) is 8.78. The van der Waals surface area contributed by atoms with Gasteiger partial charge in [0, 0.05) is 25.2 Å². The van der Waals surface area contributed by atoms with Gasteiger partial charge in [-0.15, -0.1) is 0 Å². The zero-order valence-corrected chi connectivity index (χ0v) is 15.4. The highest BCUT2D eigenvalue weighted by atomic mass is 32.2. The Hall–Kier alpha value is -1.46. The Morgan fingerprint density at radius 3 is 2.65 bits per heavy atom. The number of rotatable bonds is 6. The van der Waals surface area contributed by atoms with Crippen LogP contribution in [0.2, 0.25) is 0 Å². The summed E-state index contributed by atoms with van der Waals surface area (Å²) >= 11 is 1.53. The van der Waals surface area contributed by atoms with Crippen molar-refractivity contribution < 1.29 is 9.84 Å². The molecule has 126 valence electrons. The van der Waals surface area contributed by atoms with Gasteiger partial charge in [0.2, 0.25) is 0 Å². The summed E-state index contributed by atoms with van der Waals surface area (Å²) in [6, 6.07) is 6.25. The van der Waals surface area contributed by atoms with Crippen LogP contribution < -0.4 is 4.74 Å². The molecule has 5 heteroatoms. The van der Waals surface area contributed by atoms with E-state index in [1.165, 1.54) is 17.3 Å². The molecule has 0 saturated heterocycles. The summed E-state index contributed by atoms with van der Waals surface area (Å²) in [4.78, 5) is 4.23. The van der Waals surface area contributed by atoms with E-state index in [-0.39, 0.29) is 12.0 Å². The third-order valence-electron chi connectivity index (χ3n) is 3.65. The molecule has 23 heavy (non-hydrogen) atoms. The SMILES string of the molecule is Cc1cc(C(C)(C)C)ccc1OCC(O)CSc1nccn1C. The van der Waals surface area contributed by atoms with Gasteiger partial charge in [-0.2, -0.15) is 0 Å². The van der Waals surface area contributed by atoms with E-state index in [0.29, 0.717) is 5.75 Å². The third kappa shape index (κ3) is 5.01. The molecule has 0 aliphatic rings. The van der Waals surface area contributed by atoms with Gasteiger partial charge in [-0.25, -0.2) is 4.98 Å². The second kappa shape index (κ2) is 7.41. The third-order valence-corrected chi connectivity index (χ3v) is 4.86. The highest BCUT2D eigenvalue weighted by Crippen LogP contribution is 2.27. The van der Waals surface area contributed by atoms with Gasteiger partial charge in [-0.3, -0.25) is 0 Å². The van der Waals surface area contributed by atoms with Crippen molar-refractivity contribution in [3.63, 3.8) is 0 Å². The molecule has 1 aromatic carbocycles. The second-order valence-electron chi connectivity index (χ2n) is 6.83. The molecule has 1 unspecified atom stereocenters. The van der Waals surface area contributed by atoms with Crippen molar-refractivity contribution in [1.29, 1.82) is 0 Å². The summed E-state index contributed by atoms with van der Waals surface area (Å²) in [5.41, 5.74) is 2.51. The van der Waals surface area contributed by atoms with E-state index in [1.807, 2.05) is 30.8 Å². The summed E-state index contributed by atoms with van der Waals surface area (Å²) in [5.74, 6) is 1.39. The molecule has 0 saturated carbocycles. The van der Waals surface area contributed by atoms with Crippen molar-refractivity contribution in [3.05, 3.63) is 41.7 Å². The zero-order chi connectivity index (χ0) is 17.0. The van der Waals surface area contributed by atoms with E-state index in [4.69, 9.17) is 4.74 Å². The van der Waals surface area contributed by atoms with Gasteiger partial charge < -0.3 is 14.4 Å². The summed E-state index contributed by atoms with van der Waals surface area (Å²) in [6.45, 7) is 8.91. The Bertz CT molecular complexity index is 647. The fraction of sp³-hybridized carbons (Fsp3) is 0.500. The van der Waals surface area contributed by atoms with Crippen LogP contribution in [0, 0.1) is 6.92 Å². The van der Waals surface area contributed by atoms with E-state index < -0.39 is 6.10 Å². The summed E-state index contributed by atoms with van der Waals surface area (Å²) in [5, 5.41) is 11.0. The monoisotopic (exact) mass is 334 g/mol. The van der Waals surface area contributed by atoms with Crippen LogP contribution in [0.25, 0.3) is 0 Å². The van der Waals surface area contributed by atoms with Crippen LogP contribution in [0.5, 0.6) is 5.75 Å². The Morgan fingerprint density at radius 2 is 2.09 bits per heavy atom. The van der Waals surface area contributed by atoms with Crippen molar-refractivity contribution in [2.24, 2.45) is 7.05 Å². The maximum atomic E-state index is 10.1. The number of nitrogens with zero attached hydrogens (tertiary/aromatic N) is 2. The number of hydrogen-bond acceptors (Lipinski definition) is 4. The lowest BCUT2D eigenvalue weighted by Crippen LogP contribution is -2.20. The van der Waals surface area contributed by atoms with Crippen LogP contribution in [-0.4, -0.2) is 33.1 Å². The minimum atomic E-state index is -0.529. The normalized spacial score (nSPS) is 13.1. The summed E-state index contributed by atoms with van der Waals surface area (Å²) in [6.07, 6.45) is 3.12. The fourth-order valence-electron chi connectivity index (χ4n) is 2.17. The molecule has 1 aromatic heterocycles. The molecule has 0 spiro atoms. The number of ether oxygens (including phenoxy) is 1. The van der Waals surface area contributed by atoms with Gasteiger partial charge >= 0.3 is 0 Å². The van der Waals surface area contributed by atoms with E-state index in [1.54, 1.807) is 6.20 Å². The van der Waals surface area contributed by atoms with Crippen LogP contribution in [0.3, 0.4) is 0 Å². The predicted octanol–water partition coefficient (Wildman–Crippen LogP) is 3.56. The number of benzene rings is 1. The molecule has 1 N–H and O–H groups in total. The fourth-order valence-corrected chi connectivity index (χ4v) is 3.01. The second-order valence-corrected chi connectivity index (χ2v) is 7.81. The van der Waals surface area contributed by atoms with Gasteiger partial charge in [0.25, 0.3) is 0 Å². The Kier molecular flexibility index (Phi) is 5.76. The molecule has 1 heterocycles. The zero-order valence-electron chi connectivity index (χ0n) is 14.5. The van der Waals surface area contributed by atoms with Crippen molar-refractivity contribution in [1.82, 2.24) is 9.55 Å². The number of aliphatic hydroxyl groups is 1.